The third-order valence-electron chi connectivity index (χ3n) is 17.6. The second-order valence-electron chi connectivity index (χ2n) is 25.5. The maximum atomic E-state index is 14.5. The first-order chi connectivity index (χ1) is 43.8. The van der Waals surface area contributed by atoms with E-state index >= 15 is 0 Å². The van der Waals surface area contributed by atoms with Gasteiger partial charge in [0, 0.05) is 6.92 Å². The van der Waals surface area contributed by atoms with Crippen LogP contribution in [0.25, 0.3) is 0 Å². The molecule has 4 aromatic carbocycles. The van der Waals surface area contributed by atoms with Gasteiger partial charge < -0.3 is 43.6 Å². The fraction of sp³-hybridized carbons (Fsp3) is 0.667. The second-order valence-corrected chi connectivity index (χ2v) is 25.5. The lowest BCUT2D eigenvalue weighted by molar-refractivity contribution is -0.329. The molecule has 1 amide bonds. The van der Waals surface area contributed by atoms with Gasteiger partial charge in [0.25, 0.3) is 5.91 Å². The number of nitrogens with one attached hydrogen (secondary N) is 1. The van der Waals surface area contributed by atoms with Crippen LogP contribution in [0, 0.1) is 0 Å². The standard InChI is InChI=1S/C78H121NO10/c1-4-6-8-10-12-14-16-18-19-20-21-22-23-24-26-28-30-32-34-48-58-72(88-65(3)80)77(82)79-70(71(81)57-47-33-31-29-27-25-17-15-13-11-9-7-5-2)63-87-78-76(86-62-69-55-45-38-46-56-69)75(85-61-68-53-43-37-44-54-68)74(84-60-67-51-41-36-42-52-67)73(89-78)64-83-59-66-49-39-35-40-50-66/h35-46,49-56,70-76,78,81H,4-34,47-48,57-64H2,1-3H3,(H,79,82)/t70-,71+,72+,73+,74-,75-,76+,78-/m0/s1. The molecule has 0 saturated carbocycles. The van der Waals surface area contributed by atoms with Gasteiger partial charge in [0.2, 0.25) is 0 Å². The van der Waals surface area contributed by atoms with Gasteiger partial charge in [-0.15, -0.1) is 0 Å². The largest absolute Gasteiger partial charge is 0.452 e. The summed E-state index contributed by atoms with van der Waals surface area (Å²) in [6, 6.07) is 39.2. The highest BCUT2D eigenvalue weighted by atomic mass is 16.7. The maximum absolute atomic E-state index is 14.5. The Morgan fingerprint density at radius 3 is 1.15 bits per heavy atom. The Kier molecular flexibility index (Phi) is 42.4. The normalized spacial score (nSPS) is 17.7. The van der Waals surface area contributed by atoms with Gasteiger partial charge in [-0.05, 0) is 41.5 Å². The predicted molar refractivity (Wildman–Crippen MR) is 362 cm³/mol. The summed E-state index contributed by atoms with van der Waals surface area (Å²) in [5.41, 5.74) is 3.95. The summed E-state index contributed by atoms with van der Waals surface area (Å²) in [7, 11) is 0. The summed E-state index contributed by atoms with van der Waals surface area (Å²) in [6.07, 6.45) is 36.4. The van der Waals surface area contributed by atoms with Crippen molar-refractivity contribution < 1.29 is 47.9 Å². The molecule has 1 fully saturated rings. The van der Waals surface area contributed by atoms with E-state index in [9.17, 15) is 14.7 Å². The van der Waals surface area contributed by atoms with Gasteiger partial charge in [-0.3, -0.25) is 9.59 Å². The Labute approximate surface area is 540 Å². The van der Waals surface area contributed by atoms with Crippen LogP contribution < -0.4 is 5.32 Å². The molecule has 1 saturated heterocycles. The van der Waals surface area contributed by atoms with E-state index in [4.69, 9.17) is 33.2 Å². The maximum Gasteiger partial charge on any atom is 0.303 e. The molecule has 498 valence electrons. The van der Waals surface area contributed by atoms with E-state index in [0.29, 0.717) is 19.4 Å². The smallest absolute Gasteiger partial charge is 0.303 e. The zero-order valence-corrected chi connectivity index (χ0v) is 55.8. The molecule has 1 heterocycles. The van der Waals surface area contributed by atoms with Crippen molar-refractivity contribution in [3.8, 4) is 0 Å². The van der Waals surface area contributed by atoms with Crippen LogP contribution in [-0.2, 0) is 69.2 Å². The number of unbranched alkanes of at least 4 members (excludes halogenated alkanes) is 31. The molecule has 4 aromatic rings. The molecule has 0 bridgehead atoms. The number of benzene rings is 4. The van der Waals surface area contributed by atoms with E-state index < -0.39 is 60.8 Å². The third kappa shape index (κ3) is 34.7. The molecular weight excluding hydrogens is 1110 g/mol. The van der Waals surface area contributed by atoms with Crippen molar-refractivity contribution in [2.75, 3.05) is 13.2 Å². The molecule has 2 N–H and O–H groups in total. The zero-order valence-electron chi connectivity index (χ0n) is 55.8. The van der Waals surface area contributed by atoms with Gasteiger partial charge in [0.1, 0.15) is 24.4 Å². The van der Waals surface area contributed by atoms with Crippen LogP contribution in [0.15, 0.2) is 121 Å². The summed E-state index contributed by atoms with van der Waals surface area (Å²) < 4.78 is 47.0. The average Bonchev–Trinajstić information content (AvgIpc) is 1.27. The van der Waals surface area contributed by atoms with E-state index in [-0.39, 0.29) is 33.0 Å². The Balaban J connectivity index is 1.25. The minimum atomic E-state index is -1.05. The zero-order chi connectivity index (χ0) is 62.9. The van der Waals surface area contributed by atoms with Crippen molar-refractivity contribution >= 4 is 11.9 Å². The van der Waals surface area contributed by atoms with Crippen molar-refractivity contribution in [3.05, 3.63) is 144 Å². The van der Waals surface area contributed by atoms with Crippen LogP contribution >= 0.6 is 0 Å². The first kappa shape index (κ1) is 75.3. The van der Waals surface area contributed by atoms with Crippen LogP contribution in [-0.4, -0.2) is 79.2 Å². The molecule has 11 heteroatoms. The molecule has 1 aliphatic rings. The van der Waals surface area contributed by atoms with Crippen LogP contribution in [0.1, 0.15) is 268 Å². The van der Waals surface area contributed by atoms with E-state index in [1.165, 1.54) is 174 Å². The van der Waals surface area contributed by atoms with E-state index in [1.54, 1.807) is 0 Å². The fourth-order valence-corrected chi connectivity index (χ4v) is 12.2. The summed E-state index contributed by atoms with van der Waals surface area (Å²) in [5, 5.41) is 15.4. The summed E-state index contributed by atoms with van der Waals surface area (Å²) in [6.45, 7) is 7.06. The molecule has 0 spiro atoms. The van der Waals surface area contributed by atoms with Crippen LogP contribution in [0.5, 0.6) is 0 Å². The number of hydrogen-bond donors (Lipinski definition) is 2. The van der Waals surface area contributed by atoms with Crippen molar-refractivity contribution in [2.45, 2.75) is 321 Å². The molecule has 8 atom stereocenters. The van der Waals surface area contributed by atoms with Gasteiger partial charge in [-0.2, -0.15) is 0 Å². The van der Waals surface area contributed by atoms with Crippen LogP contribution in [0.2, 0.25) is 0 Å². The van der Waals surface area contributed by atoms with Crippen molar-refractivity contribution in [3.63, 3.8) is 0 Å². The summed E-state index contributed by atoms with van der Waals surface area (Å²) in [5.74, 6) is -0.957. The molecule has 0 radical (unpaired) electrons. The number of carbonyl (C=O) groups is 2. The highest BCUT2D eigenvalue weighted by Gasteiger charge is 2.49. The fourth-order valence-electron chi connectivity index (χ4n) is 12.2. The van der Waals surface area contributed by atoms with Crippen LogP contribution in [0.4, 0.5) is 0 Å². The monoisotopic (exact) mass is 1230 g/mol. The number of aliphatic hydroxyl groups is 1. The molecule has 0 aliphatic carbocycles. The average molecular weight is 1230 g/mol. The lowest BCUT2D eigenvalue weighted by Gasteiger charge is -2.46. The van der Waals surface area contributed by atoms with Gasteiger partial charge in [0.15, 0.2) is 12.4 Å². The van der Waals surface area contributed by atoms with Crippen molar-refractivity contribution in [1.82, 2.24) is 5.32 Å². The number of esters is 1. The second kappa shape index (κ2) is 50.1. The Morgan fingerprint density at radius 1 is 0.427 bits per heavy atom. The van der Waals surface area contributed by atoms with Gasteiger partial charge in [-0.25, -0.2) is 0 Å². The quantitative estimate of drug-likeness (QED) is 0.0325. The number of hydrogen-bond acceptors (Lipinski definition) is 10. The van der Waals surface area contributed by atoms with Crippen molar-refractivity contribution in [2.24, 2.45) is 0 Å². The lowest BCUT2D eigenvalue weighted by Crippen LogP contribution is -2.62. The van der Waals surface area contributed by atoms with Gasteiger partial charge >= 0.3 is 5.97 Å². The highest BCUT2D eigenvalue weighted by Crippen LogP contribution is 2.32. The van der Waals surface area contributed by atoms with Crippen molar-refractivity contribution in [1.29, 1.82) is 0 Å². The molecule has 1 aliphatic heterocycles. The first-order valence-electron chi connectivity index (χ1n) is 35.9. The predicted octanol–water partition coefficient (Wildman–Crippen LogP) is 19.2. The highest BCUT2D eigenvalue weighted by molar-refractivity contribution is 5.83. The molecular formula is C78H121NO10. The third-order valence-corrected chi connectivity index (χ3v) is 17.6. The number of aliphatic hydroxyl groups excluding tert-OH is 1. The number of rotatable bonds is 55. The first-order valence-corrected chi connectivity index (χ1v) is 35.9. The Morgan fingerprint density at radius 2 is 0.764 bits per heavy atom. The minimum Gasteiger partial charge on any atom is -0.452 e. The van der Waals surface area contributed by atoms with Gasteiger partial charge in [-0.1, -0.05) is 341 Å². The molecule has 5 rings (SSSR count). The number of ether oxygens (including phenoxy) is 7. The Hall–Kier alpha value is -4.46. The summed E-state index contributed by atoms with van der Waals surface area (Å²) >= 11 is 0. The lowest BCUT2D eigenvalue weighted by atomic mass is 9.97. The minimum absolute atomic E-state index is 0.119. The molecule has 0 unspecified atom stereocenters. The van der Waals surface area contributed by atoms with Gasteiger partial charge in [0.05, 0.1) is 51.8 Å². The molecule has 89 heavy (non-hydrogen) atoms. The topological polar surface area (TPSA) is 131 Å². The number of amides is 1. The van der Waals surface area contributed by atoms with E-state index in [2.05, 4.69) is 19.2 Å². The van der Waals surface area contributed by atoms with E-state index in [0.717, 1.165) is 67.2 Å². The van der Waals surface area contributed by atoms with E-state index in [1.807, 2.05) is 121 Å². The molecule has 11 nitrogen and oxygen atoms in total. The Bertz CT molecular complexity index is 2270. The SMILES string of the molecule is CCCCCCCCCCCCCCCCCCCCCC[C@@H](OC(C)=O)C(=O)N[C@@H](CO[C@H]1O[C@H](COCc2ccccc2)[C@H](OCc2ccccc2)[C@H](OCc2ccccc2)[C@H]1OCc1ccccc1)[C@H](O)CCCCCCCCCCCCCCC. The van der Waals surface area contributed by atoms with Crippen LogP contribution in [0.3, 0.4) is 0 Å². The summed E-state index contributed by atoms with van der Waals surface area (Å²) in [4.78, 5) is 27.2. The number of carbonyl (C=O) groups excluding carboxylic acids is 2. The molecule has 0 aromatic heterocycles.